The van der Waals surface area contributed by atoms with Gasteiger partial charge < -0.3 is 14.8 Å². The normalized spacial score (nSPS) is 17.2. The van der Waals surface area contributed by atoms with Crippen molar-refractivity contribution in [1.29, 1.82) is 0 Å². The quantitative estimate of drug-likeness (QED) is 0.734. The van der Waals surface area contributed by atoms with Crippen molar-refractivity contribution in [1.82, 2.24) is 15.3 Å². The van der Waals surface area contributed by atoms with E-state index in [0.29, 0.717) is 23.5 Å². The summed E-state index contributed by atoms with van der Waals surface area (Å²) in [6.07, 6.45) is 9.90. The zero-order valence-electron chi connectivity index (χ0n) is 15.4. The Labute approximate surface area is 157 Å². The number of amides is 1. The van der Waals surface area contributed by atoms with Crippen LogP contribution in [0.5, 0.6) is 0 Å². The van der Waals surface area contributed by atoms with Crippen LogP contribution in [0.4, 0.5) is 0 Å². The summed E-state index contributed by atoms with van der Waals surface area (Å²) >= 11 is 0. The second kappa shape index (κ2) is 7.51. The van der Waals surface area contributed by atoms with Gasteiger partial charge in [0.05, 0.1) is 25.5 Å². The van der Waals surface area contributed by atoms with Crippen molar-refractivity contribution in [3.8, 4) is 0 Å². The number of carbonyl (C=O) groups excluding carboxylic acids is 1. The van der Waals surface area contributed by atoms with Crippen LogP contribution in [0, 0.1) is 0 Å². The first-order valence-corrected chi connectivity index (χ1v) is 10.3. The highest BCUT2D eigenvalue weighted by Gasteiger charge is 2.27. The summed E-state index contributed by atoms with van der Waals surface area (Å²) in [4.78, 5) is 20.7. The number of carbonyl (C=O) groups is 1. The van der Waals surface area contributed by atoms with Crippen molar-refractivity contribution >= 4 is 21.3 Å². The molecule has 0 atom stereocenters. The molecule has 0 aliphatic heterocycles. The number of hydrogen-bond donors (Lipinski definition) is 1. The molecule has 2 aliphatic rings. The number of nitrogens with zero attached hydrogens (tertiary/aromatic N) is 2. The van der Waals surface area contributed by atoms with E-state index in [4.69, 9.17) is 9.47 Å². The molecule has 0 unspecified atom stereocenters. The predicted octanol–water partition coefficient (Wildman–Crippen LogP) is 1.62. The first-order valence-electron chi connectivity index (χ1n) is 8.41. The van der Waals surface area contributed by atoms with Gasteiger partial charge in [0.2, 0.25) is 15.0 Å². The Morgan fingerprint density at radius 3 is 2.59 bits per heavy atom. The topological polar surface area (TPSA) is 107 Å². The molecule has 0 radical (unpaired) electrons. The molecule has 1 N–H and O–H groups in total. The summed E-state index contributed by atoms with van der Waals surface area (Å²) < 4.78 is 34.5. The molecule has 1 aromatic heterocycles. The average Bonchev–Trinajstić information content (AvgIpc) is 3.46. The van der Waals surface area contributed by atoms with E-state index in [-0.39, 0.29) is 28.4 Å². The largest absolute Gasteiger partial charge is 0.497 e. The number of sulfone groups is 1. The number of ether oxygens (including phenoxy) is 2. The van der Waals surface area contributed by atoms with Crippen LogP contribution >= 0.6 is 0 Å². The molecule has 1 fully saturated rings. The van der Waals surface area contributed by atoms with Crippen molar-refractivity contribution in [2.24, 2.45) is 0 Å². The summed E-state index contributed by atoms with van der Waals surface area (Å²) in [5.74, 6) is 0.761. The highest BCUT2D eigenvalue weighted by molar-refractivity contribution is 7.90. The van der Waals surface area contributed by atoms with Gasteiger partial charge in [0.25, 0.3) is 5.91 Å². The third-order valence-electron chi connectivity index (χ3n) is 4.16. The molecule has 3 rings (SSSR count). The Hall–Kier alpha value is -2.68. The van der Waals surface area contributed by atoms with Gasteiger partial charge in [0.1, 0.15) is 5.76 Å². The van der Waals surface area contributed by atoms with Crippen LogP contribution < -0.4 is 5.32 Å². The zero-order chi connectivity index (χ0) is 19.6. The lowest BCUT2D eigenvalue weighted by Crippen LogP contribution is -2.27. The van der Waals surface area contributed by atoms with Crippen molar-refractivity contribution in [3.05, 3.63) is 47.2 Å². The van der Waals surface area contributed by atoms with Gasteiger partial charge in [0, 0.05) is 30.5 Å². The van der Waals surface area contributed by atoms with Crippen molar-refractivity contribution in [2.75, 3.05) is 20.5 Å². The third-order valence-corrected chi connectivity index (χ3v) is 5.02. The molecule has 8 nitrogen and oxygen atoms in total. The van der Waals surface area contributed by atoms with E-state index in [2.05, 4.69) is 15.3 Å². The molecule has 9 heteroatoms. The van der Waals surface area contributed by atoms with Crippen molar-refractivity contribution < 1.29 is 22.7 Å². The fourth-order valence-corrected chi connectivity index (χ4v) is 3.09. The van der Waals surface area contributed by atoms with E-state index in [0.717, 1.165) is 19.1 Å². The van der Waals surface area contributed by atoms with E-state index in [1.165, 1.54) is 13.3 Å². The molecule has 1 heterocycles. The maximum Gasteiger partial charge on any atom is 0.255 e. The lowest BCUT2D eigenvalue weighted by atomic mass is 10.1. The Kier molecular flexibility index (Phi) is 5.31. The molecule has 0 spiro atoms. The molecule has 144 valence electrons. The predicted molar refractivity (Wildman–Crippen MR) is 98.4 cm³/mol. The Morgan fingerprint density at radius 2 is 2.00 bits per heavy atom. The average molecular weight is 391 g/mol. The molecule has 27 heavy (non-hydrogen) atoms. The first kappa shape index (κ1) is 19.1. The summed E-state index contributed by atoms with van der Waals surface area (Å²) in [6, 6.07) is 0.146. The highest BCUT2D eigenvalue weighted by atomic mass is 32.2. The SMILES string of the molecule is COC1=C(OC)CC=CC(c2nc(S(C)(=O)=O)ncc2C(=O)NC2CC2)=C1. The molecule has 0 aromatic carbocycles. The molecule has 1 aromatic rings. The number of nitrogens with one attached hydrogen (secondary N) is 1. The minimum absolute atomic E-state index is 0.146. The van der Waals surface area contributed by atoms with Crippen molar-refractivity contribution in [2.45, 2.75) is 30.5 Å². The number of allylic oxidation sites excluding steroid dienone is 4. The van der Waals surface area contributed by atoms with Crippen molar-refractivity contribution in [3.63, 3.8) is 0 Å². The van der Waals surface area contributed by atoms with E-state index >= 15 is 0 Å². The van der Waals surface area contributed by atoms with Gasteiger partial charge in [-0.2, -0.15) is 0 Å². The maximum atomic E-state index is 12.6. The van der Waals surface area contributed by atoms with Gasteiger partial charge in [0.15, 0.2) is 5.76 Å². The number of methoxy groups -OCH3 is 2. The van der Waals surface area contributed by atoms with E-state index < -0.39 is 9.84 Å². The lowest BCUT2D eigenvalue weighted by Gasteiger charge is -2.11. The number of rotatable bonds is 6. The molecule has 2 aliphatic carbocycles. The highest BCUT2D eigenvalue weighted by Crippen LogP contribution is 2.27. The minimum atomic E-state index is -3.63. The van der Waals surface area contributed by atoms with Gasteiger partial charge >= 0.3 is 0 Å². The summed E-state index contributed by atoms with van der Waals surface area (Å²) in [6.45, 7) is 0. The lowest BCUT2D eigenvalue weighted by molar-refractivity contribution is 0.0949. The summed E-state index contributed by atoms with van der Waals surface area (Å²) in [7, 11) is -0.580. The minimum Gasteiger partial charge on any atom is -0.497 e. The Balaban J connectivity index is 2.14. The van der Waals surface area contributed by atoms with Gasteiger partial charge in [-0.3, -0.25) is 4.79 Å². The molecule has 1 saturated carbocycles. The standard InChI is InChI=1S/C18H21N3O5S/c1-25-14-6-4-5-11(9-15(14)26-2)16-13(17(22)20-12-7-8-12)10-19-18(21-16)27(3,23)24/h4-5,9-10,12H,6-8H2,1-3H3,(H,20,22). The van der Waals surface area contributed by atoms with Crippen LogP contribution in [-0.4, -0.2) is 50.8 Å². The Bertz CT molecular complexity index is 959. The number of hydrogen-bond acceptors (Lipinski definition) is 7. The second-order valence-electron chi connectivity index (χ2n) is 6.34. The van der Waals surface area contributed by atoms with Crippen LogP contribution in [0.3, 0.4) is 0 Å². The van der Waals surface area contributed by atoms with Crippen LogP contribution in [0.25, 0.3) is 5.57 Å². The van der Waals surface area contributed by atoms with Gasteiger partial charge in [-0.15, -0.1) is 0 Å². The van der Waals surface area contributed by atoms with Gasteiger partial charge in [-0.1, -0.05) is 12.2 Å². The van der Waals surface area contributed by atoms with Gasteiger partial charge in [-0.25, -0.2) is 18.4 Å². The first-order chi connectivity index (χ1) is 12.8. The van der Waals surface area contributed by atoms with Crippen LogP contribution in [0.1, 0.15) is 35.3 Å². The smallest absolute Gasteiger partial charge is 0.255 e. The molecular formula is C18H21N3O5S. The van der Waals surface area contributed by atoms with Crippen LogP contribution in [-0.2, 0) is 19.3 Å². The van der Waals surface area contributed by atoms with E-state index in [1.54, 1.807) is 19.3 Å². The third kappa shape index (κ3) is 4.36. The fraction of sp³-hybridized carbons (Fsp3) is 0.389. The van der Waals surface area contributed by atoms with E-state index in [9.17, 15) is 13.2 Å². The fourth-order valence-electron chi connectivity index (χ4n) is 2.59. The maximum absolute atomic E-state index is 12.6. The van der Waals surface area contributed by atoms with Crippen LogP contribution in [0.2, 0.25) is 0 Å². The molecule has 1 amide bonds. The zero-order valence-corrected chi connectivity index (χ0v) is 16.2. The molecular weight excluding hydrogens is 370 g/mol. The van der Waals surface area contributed by atoms with Gasteiger partial charge in [-0.05, 0) is 18.9 Å². The Morgan fingerprint density at radius 1 is 1.26 bits per heavy atom. The number of aromatic nitrogens is 2. The molecule has 0 saturated heterocycles. The summed E-state index contributed by atoms with van der Waals surface area (Å²) in [5, 5.41) is 2.54. The molecule has 0 bridgehead atoms. The van der Waals surface area contributed by atoms with E-state index in [1.807, 2.05) is 6.08 Å². The monoisotopic (exact) mass is 391 g/mol. The second-order valence-corrected chi connectivity index (χ2v) is 8.25. The summed E-state index contributed by atoms with van der Waals surface area (Å²) in [5.41, 5.74) is 0.973. The van der Waals surface area contributed by atoms with Crippen LogP contribution in [0.15, 0.2) is 41.1 Å².